The van der Waals surface area contributed by atoms with Gasteiger partial charge in [-0.1, -0.05) is 42.8 Å². The molecule has 9 heteroatoms. The number of benzene rings is 2. The first-order chi connectivity index (χ1) is 15.4. The molecule has 0 spiro atoms. The zero-order valence-corrected chi connectivity index (χ0v) is 18.9. The Morgan fingerprint density at radius 3 is 2.44 bits per heavy atom. The predicted octanol–water partition coefficient (Wildman–Crippen LogP) is 2.06. The van der Waals surface area contributed by atoms with Crippen molar-refractivity contribution in [3.8, 4) is 5.75 Å². The summed E-state index contributed by atoms with van der Waals surface area (Å²) < 4.78 is 32.8. The molecule has 0 aliphatic carbocycles. The molecule has 1 aliphatic rings. The van der Waals surface area contributed by atoms with Gasteiger partial charge in [-0.05, 0) is 37.5 Å². The number of piperidine rings is 1. The van der Waals surface area contributed by atoms with Crippen molar-refractivity contribution in [3.63, 3.8) is 0 Å². The van der Waals surface area contributed by atoms with E-state index >= 15 is 0 Å². The number of amides is 2. The van der Waals surface area contributed by atoms with Crippen LogP contribution >= 0.6 is 0 Å². The average Bonchev–Trinajstić information content (AvgIpc) is 2.83. The number of sulfonamides is 1. The topological polar surface area (TPSA) is 105 Å². The minimum absolute atomic E-state index is 0.169. The van der Waals surface area contributed by atoms with Gasteiger partial charge in [0.25, 0.3) is 0 Å². The molecule has 1 aliphatic heterocycles. The van der Waals surface area contributed by atoms with Crippen molar-refractivity contribution >= 4 is 21.8 Å². The number of carbonyl (C=O) groups is 2. The van der Waals surface area contributed by atoms with E-state index in [1.54, 1.807) is 43.5 Å². The molecular weight excluding hydrogens is 430 g/mol. The third-order valence-electron chi connectivity index (χ3n) is 5.52. The Morgan fingerprint density at radius 1 is 1.00 bits per heavy atom. The van der Waals surface area contributed by atoms with Gasteiger partial charge in [0.2, 0.25) is 10.0 Å². The van der Waals surface area contributed by atoms with Crippen LogP contribution in [-0.4, -0.2) is 50.8 Å². The number of nitrogens with one attached hydrogen (secondary N) is 2. The second-order valence-corrected chi connectivity index (χ2v) is 9.51. The van der Waals surface area contributed by atoms with Gasteiger partial charge in [0, 0.05) is 31.2 Å². The molecule has 0 radical (unpaired) electrons. The Morgan fingerprint density at radius 2 is 1.69 bits per heavy atom. The molecule has 3 rings (SSSR count). The van der Waals surface area contributed by atoms with Crippen LogP contribution in [-0.2, 0) is 26.2 Å². The zero-order valence-electron chi connectivity index (χ0n) is 18.1. The minimum atomic E-state index is -3.59. The summed E-state index contributed by atoms with van der Waals surface area (Å²) in [5.41, 5.74) is 0.764. The van der Waals surface area contributed by atoms with Crippen LogP contribution in [0.2, 0.25) is 0 Å². The third kappa shape index (κ3) is 5.86. The van der Waals surface area contributed by atoms with Gasteiger partial charge >= 0.3 is 11.8 Å². The zero-order chi connectivity index (χ0) is 23.0. The average molecular weight is 460 g/mol. The van der Waals surface area contributed by atoms with Gasteiger partial charge in [0.15, 0.2) is 0 Å². The Balaban J connectivity index is 1.51. The van der Waals surface area contributed by atoms with Gasteiger partial charge in [0.1, 0.15) is 5.75 Å². The SMILES string of the molecule is COc1ccccc1CNC(=O)C(=O)NCC[C@H]1CCCCN1S(=O)(=O)c1ccccc1. The van der Waals surface area contributed by atoms with Crippen LogP contribution in [0.1, 0.15) is 31.2 Å². The molecule has 0 bridgehead atoms. The van der Waals surface area contributed by atoms with E-state index in [1.165, 1.54) is 4.31 Å². The highest BCUT2D eigenvalue weighted by atomic mass is 32.2. The van der Waals surface area contributed by atoms with Crippen LogP contribution in [0.15, 0.2) is 59.5 Å². The molecule has 8 nitrogen and oxygen atoms in total. The van der Waals surface area contributed by atoms with Crippen molar-refractivity contribution in [2.45, 2.75) is 43.2 Å². The molecule has 2 aromatic rings. The molecule has 0 saturated carbocycles. The predicted molar refractivity (Wildman–Crippen MR) is 120 cm³/mol. The van der Waals surface area contributed by atoms with Gasteiger partial charge in [-0.3, -0.25) is 9.59 Å². The minimum Gasteiger partial charge on any atom is -0.496 e. The summed E-state index contributed by atoms with van der Waals surface area (Å²) >= 11 is 0. The molecular formula is C23H29N3O5S. The summed E-state index contributed by atoms with van der Waals surface area (Å²) in [7, 11) is -2.05. The number of ether oxygens (including phenoxy) is 1. The van der Waals surface area contributed by atoms with E-state index in [0.29, 0.717) is 18.7 Å². The summed E-state index contributed by atoms with van der Waals surface area (Å²) in [5.74, 6) is -0.855. The molecule has 0 aromatic heterocycles. The smallest absolute Gasteiger partial charge is 0.309 e. The van der Waals surface area contributed by atoms with E-state index in [4.69, 9.17) is 4.74 Å². The molecule has 2 N–H and O–H groups in total. The number of carbonyl (C=O) groups excluding carboxylic acids is 2. The monoisotopic (exact) mass is 459 g/mol. The number of methoxy groups -OCH3 is 1. The summed E-state index contributed by atoms with van der Waals surface area (Å²) in [6, 6.07) is 15.4. The highest BCUT2D eigenvalue weighted by molar-refractivity contribution is 7.89. The number of hydrogen-bond acceptors (Lipinski definition) is 5. The molecule has 2 aromatic carbocycles. The van der Waals surface area contributed by atoms with E-state index in [9.17, 15) is 18.0 Å². The van der Waals surface area contributed by atoms with Gasteiger partial charge < -0.3 is 15.4 Å². The molecule has 2 amide bonds. The molecule has 1 atom stereocenters. The van der Waals surface area contributed by atoms with Crippen LogP contribution in [0, 0.1) is 0 Å². The van der Waals surface area contributed by atoms with Crippen LogP contribution in [0.3, 0.4) is 0 Å². The lowest BCUT2D eigenvalue weighted by molar-refractivity contribution is -0.139. The molecule has 32 heavy (non-hydrogen) atoms. The maximum absolute atomic E-state index is 13.0. The van der Waals surface area contributed by atoms with E-state index < -0.39 is 21.8 Å². The fourth-order valence-electron chi connectivity index (χ4n) is 3.84. The Kier molecular flexibility index (Phi) is 8.24. The summed E-state index contributed by atoms with van der Waals surface area (Å²) in [4.78, 5) is 24.6. The second-order valence-electron chi connectivity index (χ2n) is 7.62. The van der Waals surface area contributed by atoms with Crippen LogP contribution in [0.25, 0.3) is 0 Å². The first kappa shape index (κ1) is 23.7. The summed E-state index contributed by atoms with van der Waals surface area (Å²) in [6.45, 7) is 0.837. The Hall–Kier alpha value is -2.91. The van der Waals surface area contributed by atoms with Gasteiger partial charge in [0.05, 0.1) is 12.0 Å². The Bertz CT molecular complexity index is 1030. The standard InChI is InChI=1S/C23H29N3O5S/c1-31-21-13-6-5-9-18(21)17-25-23(28)22(27)24-15-14-19-10-7-8-16-26(19)32(29,30)20-11-3-2-4-12-20/h2-6,9,11-13,19H,7-8,10,14-17H2,1H3,(H,24,27)(H,25,28)/t19-/m1/s1. The highest BCUT2D eigenvalue weighted by Gasteiger charge is 2.33. The first-order valence-corrected chi connectivity index (χ1v) is 12.1. The van der Waals surface area contributed by atoms with Crippen molar-refractivity contribution in [2.75, 3.05) is 20.2 Å². The lowest BCUT2D eigenvalue weighted by Gasteiger charge is -2.34. The molecule has 1 saturated heterocycles. The second kappa shape index (κ2) is 11.1. The summed E-state index contributed by atoms with van der Waals surface area (Å²) in [5, 5.41) is 5.18. The molecule has 172 valence electrons. The number of nitrogens with zero attached hydrogens (tertiary/aromatic N) is 1. The van der Waals surface area contributed by atoms with Crippen molar-refractivity contribution in [1.82, 2.24) is 14.9 Å². The highest BCUT2D eigenvalue weighted by Crippen LogP contribution is 2.26. The summed E-state index contributed by atoms with van der Waals surface area (Å²) in [6.07, 6.45) is 2.90. The van der Waals surface area contributed by atoms with Crippen LogP contribution in [0.5, 0.6) is 5.75 Å². The maximum Gasteiger partial charge on any atom is 0.309 e. The molecule has 0 unspecified atom stereocenters. The number of rotatable bonds is 8. The number of para-hydroxylation sites is 1. The van der Waals surface area contributed by atoms with E-state index in [-0.39, 0.29) is 24.0 Å². The fourth-order valence-corrected chi connectivity index (χ4v) is 5.59. The lowest BCUT2D eigenvalue weighted by atomic mass is 10.0. The maximum atomic E-state index is 13.0. The van der Waals surface area contributed by atoms with Gasteiger partial charge in [-0.2, -0.15) is 4.31 Å². The van der Waals surface area contributed by atoms with Crippen molar-refractivity contribution < 1.29 is 22.7 Å². The molecule has 1 heterocycles. The quantitative estimate of drug-likeness (QED) is 0.588. The van der Waals surface area contributed by atoms with Crippen molar-refractivity contribution in [3.05, 3.63) is 60.2 Å². The Labute approximate surface area is 189 Å². The number of hydrogen-bond donors (Lipinski definition) is 2. The lowest BCUT2D eigenvalue weighted by Crippen LogP contribution is -2.46. The van der Waals surface area contributed by atoms with Crippen LogP contribution < -0.4 is 15.4 Å². The van der Waals surface area contributed by atoms with Crippen molar-refractivity contribution in [1.29, 1.82) is 0 Å². The van der Waals surface area contributed by atoms with Gasteiger partial charge in [-0.15, -0.1) is 0 Å². The van der Waals surface area contributed by atoms with E-state index in [0.717, 1.165) is 24.8 Å². The van der Waals surface area contributed by atoms with E-state index in [1.807, 2.05) is 18.2 Å². The third-order valence-corrected chi connectivity index (χ3v) is 7.49. The first-order valence-electron chi connectivity index (χ1n) is 10.7. The normalized spacial score (nSPS) is 16.8. The largest absolute Gasteiger partial charge is 0.496 e. The van der Waals surface area contributed by atoms with Gasteiger partial charge in [-0.25, -0.2) is 8.42 Å². The van der Waals surface area contributed by atoms with Crippen LogP contribution in [0.4, 0.5) is 0 Å². The van der Waals surface area contributed by atoms with Crippen molar-refractivity contribution in [2.24, 2.45) is 0 Å². The van der Waals surface area contributed by atoms with E-state index in [2.05, 4.69) is 10.6 Å². The molecule has 1 fully saturated rings. The fraction of sp³-hybridized carbons (Fsp3) is 0.391.